The maximum absolute atomic E-state index is 12.5. The number of terminal acetylenes is 1. The Balaban J connectivity index is 3.00. The minimum absolute atomic E-state index is 0.0681. The van der Waals surface area contributed by atoms with Crippen molar-refractivity contribution in [2.45, 2.75) is 25.7 Å². The van der Waals surface area contributed by atoms with Gasteiger partial charge < -0.3 is 0 Å². The van der Waals surface area contributed by atoms with Crippen molar-refractivity contribution in [3.8, 4) is 12.3 Å². The van der Waals surface area contributed by atoms with Crippen LogP contribution in [-0.2, 0) is 10.0 Å². The van der Waals surface area contributed by atoms with Gasteiger partial charge in [0.05, 0.1) is 11.4 Å². The van der Waals surface area contributed by atoms with Gasteiger partial charge in [-0.15, -0.1) is 6.42 Å². The van der Waals surface area contributed by atoms with E-state index in [9.17, 15) is 8.42 Å². The van der Waals surface area contributed by atoms with E-state index < -0.39 is 10.0 Å². The molecule has 4 heteroatoms. The van der Waals surface area contributed by atoms with Crippen molar-refractivity contribution in [3.05, 3.63) is 42.0 Å². The van der Waals surface area contributed by atoms with Crippen LogP contribution >= 0.6 is 0 Å². The molecular formula is C16H21NO2S. The largest absolute Gasteiger partial charge is 0.244 e. The van der Waals surface area contributed by atoms with E-state index in [2.05, 4.69) is 5.92 Å². The highest BCUT2D eigenvalue weighted by molar-refractivity contribution is 7.89. The van der Waals surface area contributed by atoms with E-state index in [1.54, 1.807) is 24.3 Å². The summed E-state index contributed by atoms with van der Waals surface area (Å²) in [5, 5.41) is 0. The van der Waals surface area contributed by atoms with Crippen molar-refractivity contribution >= 4 is 10.0 Å². The van der Waals surface area contributed by atoms with Gasteiger partial charge in [0.15, 0.2) is 0 Å². The van der Waals surface area contributed by atoms with Crippen molar-refractivity contribution < 1.29 is 8.42 Å². The third-order valence-electron chi connectivity index (χ3n) is 2.76. The Kier molecular flexibility index (Phi) is 6.00. The molecule has 108 valence electrons. The molecular weight excluding hydrogens is 270 g/mol. The molecule has 1 aromatic carbocycles. The van der Waals surface area contributed by atoms with Gasteiger partial charge in [-0.25, -0.2) is 8.42 Å². The van der Waals surface area contributed by atoms with E-state index in [4.69, 9.17) is 6.42 Å². The van der Waals surface area contributed by atoms with Gasteiger partial charge >= 0.3 is 0 Å². The molecule has 0 spiro atoms. The summed E-state index contributed by atoms with van der Waals surface area (Å²) >= 11 is 0. The van der Waals surface area contributed by atoms with Crippen molar-refractivity contribution in [1.29, 1.82) is 0 Å². The predicted molar refractivity (Wildman–Crippen MR) is 82.7 cm³/mol. The van der Waals surface area contributed by atoms with Crippen molar-refractivity contribution in [3.63, 3.8) is 0 Å². The van der Waals surface area contributed by atoms with Crippen LogP contribution in [0.2, 0.25) is 0 Å². The molecule has 0 atom stereocenters. The first-order valence-corrected chi connectivity index (χ1v) is 7.99. The Morgan fingerprint density at radius 1 is 1.30 bits per heavy atom. The standard InChI is InChI=1S/C16H21NO2S/c1-5-12-17(13-6-7-14(2)3)20(18,19)16-10-8-15(4)9-11-16/h1,6-11,14H,12-13H2,2-4H3/b7-6-. The molecule has 0 aliphatic rings. The number of allylic oxidation sites excluding steroid dienone is 1. The summed E-state index contributed by atoms with van der Waals surface area (Å²) in [5.41, 5.74) is 1.02. The summed E-state index contributed by atoms with van der Waals surface area (Å²) < 4.78 is 26.3. The predicted octanol–water partition coefficient (Wildman–Crippen LogP) is 2.83. The molecule has 0 radical (unpaired) electrons. The van der Waals surface area contributed by atoms with Crippen LogP contribution < -0.4 is 0 Å². The zero-order valence-electron chi connectivity index (χ0n) is 12.2. The van der Waals surface area contributed by atoms with E-state index in [-0.39, 0.29) is 11.4 Å². The van der Waals surface area contributed by atoms with Crippen LogP contribution in [-0.4, -0.2) is 25.8 Å². The minimum atomic E-state index is -3.54. The fraction of sp³-hybridized carbons (Fsp3) is 0.375. The van der Waals surface area contributed by atoms with E-state index in [1.165, 1.54) is 4.31 Å². The second-order valence-electron chi connectivity index (χ2n) is 4.99. The van der Waals surface area contributed by atoms with E-state index in [0.29, 0.717) is 12.5 Å². The van der Waals surface area contributed by atoms with Crippen LogP contribution in [0.4, 0.5) is 0 Å². The molecule has 0 N–H and O–H groups in total. The van der Waals surface area contributed by atoms with Gasteiger partial charge in [0.1, 0.15) is 0 Å². The number of hydrogen-bond acceptors (Lipinski definition) is 2. The second kappa shape index (κ2) is 7.28. The first kappa shape index (κ1) is 16.5. The molecule has 0 saturated heterocycles. The van der Waals surface area contributed by atoms with Crippen LogP contribution in [0.25, 0.3) is 0 Å². The van der Waals surface area contributed by atoms with Gasteiger partial charge in [-0.05, 0) is 25.0 Å². The number of benzene rings is 1. The third-order valence-corrected chi connectivity index (χ3v) is 4.58. The summed E-state index contributed by atoms with van der Waals surface area (Å²) in [5.74, 6) is 2.79. The Bertz CT molecular complexity index is 592. The first-order chi connectivity index (χ1) is 9.37. The monoisotopic (exact) mass is 291 g/mol. The number of sulfonamides is 1. The highest BCUT2D eigenvalue weighted by atomic mass is 32.2. The molecule has 1 rings (SSSR count). The maximum atomic E-state index is 12.5. The first-order valence-electron chi connectivity index (χ1n) is 6.55. The summed E-state index contributed by atoms with van der Waals surface area (Å²) in [4.78, 5) is 0.274. The smallest absolute Gasteiger partial charge is 0.207 e. The van der Waals surface area contributed by atoms with Crippen LogP contribution in [0.3, 0.4) is 0 Å². The van der Waals surface area contributed by atoms with Gasteiger partial charge in [0.25, 0.3) is 0 Å². The number of hydrogen-bond donors (Lipinski definition) is 0. The summed E-state index contributed by atoms with van der Waals surface area (Å²) in [6.45, 7) is 6.35. The Morgan fingerprint density at radius 3 is 2.40 bits per heavy atom. The summed E-state index contributed by atoms with van der Waals surface area (Å²) in [7, 11) is -3.54. The molecule has 0 aliphatic carbocycles. The SMILES string of the molecule is C#CCN(C/C=C\C(C)C)S(=O)(=O)c1ccc(C)cc1. The molecule has 20 heavy (non-hydrogen) atoms. The normalized spacial score (nSPS) is 12.2. The zero-order valence-corrected chi connectivity index (χ0v) is 13.0. The highest BCUT2D eigenvalue weighted by Gasteiger charge is 2.22. The molecule has 0 bridgehead atoms. The quantitative estimate of drug-likeness (QED) is 0.597. The van der Waals surface area contributed by atoms with Gasteiger partial charge in [0, 0.05) is 6.54 Å². The lowest BCUT2D eigenvalue weighted by Gasteiger charge is -2.18. The van der Waals surface area contributed by atoms with Crippen LogP contribution in [0.1, 0.15) is 19.4 Å². The van der Waals surface area contributed by atoms with E-state index in [1.807, 2.05) is 32.9 Å². The molecule has 0 heterocycles. The number of aryl methyl sites for hydroxylation is 1. The fourth-order valence-corrected chi connectivity index (χ4v) is 2.96. The molecule has 0 saturated carbocycles. The Hall–Kier alpha value is -1.57. The topological polar surface area (TPSA) is 37.4 Å². The highest BCUT2D eigenvalue weighted by Crippen LogP contribution is 2.16. The van der Waals surface area contributed by atoms with Crippen LogP contribution in [0.5, 0.6) is 0 Å². The molecule has 0 aromatic heterocycles. The third kappa shape index (κ3) is 4.52. The lowest BCUT2D eigenvalue weighted by molar-refractivity contribution is 0.477. The Labute approximate surface area is 122 Å². The van der Waals surface area contributed by atoms with Crippen molar-refractivity contribution in [2.75, 3.05) is 13.1 Å². The van der Waals surface area contributed by atoms with Crippen LogP contribution in [0.15, 0.2) is 41.3 Å². The zero-order chi connectivity index (χ0) is 15.2. The van der Waals surface area contributed by atoms with Crippen molar-refractivity contribution in [2.24, 2.45) is 5.92 Å². The lowest BCUT2D eigenvalue weighted by Crippen LogP contribution is -2.31. The maximum Gasteiger partial charge on any atom is 0.244 e. The molecule has 0 fully saturated rings. The molecule has 0 amide bonds. The second-order valence-corrected chi connectivity index (χ2v) is 6.92. The average Bonchev–Trinajstić information content (AvgIpc) is 2.38. The van der Waals surface area contributed by atoms with Gasteiger partial charge in [-0.3, -0.25) is 0 Å². The summed E-state index contributed by atoms with van der Waals surface area (Å²) in [6, 6.07) is 6.79. The minimum Gasteiger partial charge on any atom is -0.207 e. The fourth-order valence-electron chi connectivity index (χ4n) is 1.66. The average molecular weight is 291 g/mol. The van der Waals surface area contributed by atoms with E-state index in [0.717, 1.165) is 5.56 Å². The molecule has 1 aromatic rings. The van der Waals surface area contributed by atoms with Crippen LogP contribution in [0, 0.1) is 25.2 Å². The number of rotatable bonds is 6. The van der Waals surface area contributed by atoms with Gasteiger partial charge in [-0.2, -0.15) is 4.31 Å². The summed E-state index contributed by atoms with van der Waals surface area (Å²) in [6.07, 6.45) is 9.09. The van der Waals surface area contributed by atoms with Gasteiger partial charge in [0.2, 0.25) is 10.0 Å². The van der Waals surface area contributed by atoms with Crippen molar-refractivity contribution in [1.82, 2.24) is 4.31 Å². The molecule has 3 nitrogen and oxygen atoms in total. The Morgan fingerprint density at radius 2 is 1.90 bits per heavy atom. The molecule has 0 aliphatic heterocycles. The molecule has 0 unspecified atom stereocenters. The lowest BCUT2D eigenvalue weighted by atomic mass is 10.2. The number of nitrogens with zero attached hydrogens (tertiary/aromatic N) is 1. The van der Waals surface area contributed by atoms with E-state index >= 15 is 0 Å². The van der Waals surface area contributed by atoms with Gasteiger partial charge in [-0.1, -0.05) is 49.6 Å².